The van der Waals surface area contributed by atoms with Gasteiger partial charge in [0.1, 0.15) is 0 Å². The number of alkyl halides is 1. The fourth-order valence-corrected chi connectivity index (χ4v) is 0.157. The van der Waals surface area contributed by atoms with E-state index in [4.69, 9.17) is 0 Å². The summed E-state index contributed by atoms with van der Waals surface area (Å²) in [5, 5.41) is 0. The minimum atomic E-state index is -0.310. The fraction of sp³-hybridized carbons (Fsp3) is 0.750. The molecular weight excluding hydrogens is 83.0 g/mol. The molecule has 2 heteroatoms. The highest BCUT2D eigenvalue weighted by Crippen LogP contribution is 1.78. The average Bonchev–Trinajstić information content (AvgIpc) is 1.61. The Morgan fingerprint density at radius 3 is 2.50 bits per heavy atom. The zero-order valence-corrected chi connectivity index (χ0v) is 3.61. The van der Waals surface area contributed by atoms with Crippen LogP contribution < -0.4 is 0 Å². The quantitative estimate of drug-likeness (QED) is 0.473. The van der Waals surface area contributed by atoms with Crippen LogP contribution in [0.2, 0.25) is 0 Å². The van der Waals surface area contributed by atoms with E-state index in [-0.39, 0.29) is 6.67 Å². The second-order valence-electron chi connectivity index (χ2n) is 0.951. The monoisotopic (exact) mass is 91.1 g/mol. The summed E-state index contributed by atoms with van der Waals surface area (Å²) in [4.78, 5) is 0. The summed E-state index contributed by atoms with van der Waals surface area (Å²) in [6.45, 7) is 0.117. The zero-order chi connectivity index (χ0) is 4.83. The molecule has 0 aromatic rings. The molecule has 0 unspecified atom stereocenters. The van der Waals surface area contributed by atoms with Crippen molar-refractivity contribution in [2.24, 2.45) is 0 Å². The van der Waals surface area contributed by atoms with Gasteiger partial charge in [-0.3, -0.25) is 4.39 Å². The molecule has 0 aromatic carbocycles. The Kier molecular flexibility index (Phi) is 4.80. The van der Waals surface area contributed by atoms with Gasteiger partial charge in [0.2, 0.25) is 0 Å². The van der Waals surface area contributed by atoms with Crippen molar-refractivity contribution in [2.75, 3.05) is 13.3 Å². The summed E-state index contributed by atoms with van der Waals surface area (Å²) in [5.74, 6) is 0. The molecule has 0 aliphatic rings. The number of halogens is 1. The smallest absolute Gasteiger partial charge is 0.0916 e. The maximum Gasteiger partial charge on any atom is 0.0916 e. The molecule has 0 spiro atoms. The molecule has 0 rings (SSSR count). The van der Waals surface area contributed by atoms with Crippen molar-refractivity contribution in [3.8, 4) is 0 Å². The van der Waals surface area contributed by atoms with Crippen molar-refractivity contribution in [1.29, 1.82) is 0 Å². The van der Waals surface area contributed by atoms with Gasteiger partial charge in [0.05, 0.1) is 13.8 Å². The van der Waals surface area contributed by atoms with E-state index in [1.165, 1.54) is 0 Å². The van der Waals surface area contributed by atoms with Crippen LogP contribution in [0.15, 0.2) is 0 Å². The number of ether oxygens (including phenoxy) is 1. The molecule has 0 amide bonds. The average molecular weight is 91.1 g/mol. The van der Waals surface area contributed by atoms with E-state index in [0.717, 1.165) is 0 Å². The van der Waals surface area contributed by atoms with Crippen LogP contribution in [0, 0.1) is 7.11 Å². The van der Waals surface area contributed by atoms with Crippen molar-refractivity contribution >= 4 is 0 Å². The van der Waals surface area contributed by atoms with Gasteiger partial charge in [-0.25, -0.2) is 0 Å². The lowest BCUT2D eigenvalue weighted by Crippen LogP contribution is -1.85. The van der Waals surface area contributed by atoms with Crippen molar-refractivity contribution < 1.29 is 9.13 Å². The van der Waals surface area contributed by atoms with Gasteiger partial charge < -0.3 is 4.74 Å². The van der Waals surface area contributed by atoms with E-state index in [1.807, 2.05) is 0 Å². The lowest BCUT2D eigenvalue weighted by Gasteiger charge is -1.87. The van der Waals surface area contributed by atoms with Gasteiger partial charge in [0.25, 0.3) is 0 Å². The van der Waals surface area contributed by atoms with Gasteiger partial charge in [-0.05, 0) is 6.42 Å². The molecule has 0 saturated carbocycles. The first-order valence-corrected chi connectivity index (χ1v) is 1.84. The third-order valence-electron chi connectivity index (χ3n) is 0.422. The standard InChI is InChI=1S/C4H8FO/c1-6-4-2-3-5/h1-4H2. The molecule has 0 N–H and O–H groups in total. The van der Waals surface area contributed by atoms with Crippen molar-refractivity contribution in [3.05, 3.63) is 7.11 Å². The minimum absolute atomic E-state index is 0.310. The van der Waals surface area contributed by atoms with Crippen LogP contribution in [0.5, 0.6) is 0 Å². The molecule has 0 heterocycles. The molecule has 0 aliphatic carbocycles. The molecule has 0 saturated heterocycles. The first-order chi connectivity index (χ1) is 2.91. The van der Waals surface area contributed by atoms with E-state index in [0.29, 0.717) is 13.0 Å². The molecule has 1 radical (unpaired) electrons. The highest BCUT2D eigenvalue weighted by atomic mass is 19.1. The molecule has 0 fully saturated rings. The molecule has 37 valence electrons. The Labute approximate surface area is 37.1 Å². The fourth-order valence-electron chi connectivity index (χ4n) is 0.157. The van der Waals surface area contributed by atoms with Gasteiger partial charge in [-0.2, -0.15) is 0 Å². The van der Waals surface area contributed by atoms with E-state index in [1.54, 1.807) is 0 Å². The van der Waals surface area contributed by atoms with Crippen molar-refractivity contribution in [1.82, 2.24) is 0 Å². The number of hydrogen-bond donors (Lipinski definition) is 0. The molecule has 6 heavy (non-hydrogen) atoms. The van der Waals surface area contributed by atoms with Crippen LogP contribution in [-0.4, -0.2) is 13.3 Å². The number of rotatable bonds is 3. The topological polar surface area (TPSA) is 9.23 Å². The van der Waals surface area contributed by atoms with Gasteiger partial charge in [0, 0.05) is 6.61 Å². The van der Waals surface area contributed by atoms with Crippen LogP contribution >= 0.6 is 0 Å². The molecule has 0 aliphatic heterocycles. The molecule has 0 aromatic heterocycles. The molecule has 0 bridgehead atoms. The van der Waals surface area contributed by atoms with Gasteiger partial charge in [0.15, 0.2) is 0 Å². The van der Waals surface area contributed by atoms with E-state index in [2.05, 4.69) is 11.8 Å². The highest BCUT2D eigenvalue weighted by Gasteiger charge is 1.77. The first-order valence-electron chi connectivity index (χ1n) is 1.84. The van der Waals surface area contributed by atoms with Crippen LogP contribution in [-0.2, 0) is 4.74 Å². The summed E-state index contributed by atoms with van der Waals surface area (Å²) < 4.78 is 15.4. The summed E-state index contributed by atoms with van der Waals surface area (Å²) >= 11 is 0. The first kappa shape index (κ1) is 5.89. The lowest BCUT2D eigenvalue weighted by atomic mass is 10.5. The second-order valence-corrected chi connectivity index (χ2v) is 0.951. The van der Waals surface area contributed by atoms with E-state index >= 15 is 0 Å². The normalized spacial score (nSPS) is 9.00. The van der Waals surface area contributed by atoms with Gasteiger partial charge >= 0.3 is 0 Å². The predicted octanol–water partition coefficient (Wildman–Crippen LogP) is 1.15. The summed E-state index contributed by atoms with van der Waals surface area (Å²) in [6, 6.07) is 0. The van der Waals surface area contributed by atoms with Gasteiger partial charge in [-0.1, -0.05) is 0 Å². The molecular formula is C4H8FO. The summed E-state index contributed by atoms with van der Waals surface area (Å²) in [5.41, 5.74) is 0. The highest BCUT2D eigenvalue weighted by molar-refractivity contribution is 4.27. The van der Waals surface area contributed by atoms with Crippen LogP contribution in [0.25, 0.3) is 0 Å². The van der Waals surface area contributed by atoms with Crippen LogP contribution in [0.1, 0.15) is 6.42 Å². The van der Waals surface area contributed by atoms with Gasteiger partial charge in [-0.15, -0.1) is 0 Å². The Morgan fingerprint density at radius 2 is 2.33 bits per heavy atom. The minimum Gasteiger partial charge on any atom is -0.379 e. The third kappa shape index (κ3) is 3.89. The zero-order valence-electron chi connectivity index (χ0n) is 3.61. The molecule has 1 nitrogen and oxygen atoms in total. The SMILES string of the molecule is [CH2]OCCCF. The predicted molar refractivity (Wildman–Crippen MR) is 21.9 cm³/mol. The van der Waals surface area contributed by atoms with E-state index in [9.17, 15) is 4.39 Å². The summed E-state index contributed by atoms with van der Waals surface area (Å²) in [7, 11) is 3.06. The maximum atomic E-state index is 11.1. The maximum absolute atomic E-state index is 11.1. The Balaban J connectivity index is 2.34. The van der Waals surface area contributed by atoms with Crippen molar-refractivity contribution in [2.45, 2.75) is 6.42 Å². The Hall–Kier alpha value is -0.110. The largest absolute Gasteiger partial charge is 0.379 e. The lowest BCUT2D eigenvalue weighted by molar-refractivity contribution is 0.225. The Morgan fingerprint density at radius 1 is 1.67 bits per heavy atom. The van der Waals surface area contributed by atoms with Crippen molar-refractivity contribution in [3.63, 3.8) is 0 Å². The Bertz CT molecular complexity index is 19.5. The molecule has 0 atom stereocenters. The number of hydrogen-bond acceptors (Lipinski definition) is 1. The van der Waals surface area contributed by atoms with Crippen LogP contribution in [0.4, 0.5) is 4.39 Å². The third-order valence-corrected chi connectivity index (χ3v) is 0.422. The second kappa shape index (κ2) is 4.89. The summed E-state index contributed by atoms with van der Waals surface area (Å²) in [6.07, 6.45) is 0.462. The van der Waals surface area contributed by atoms with E-state index < -0.39 is 0 Å². The van der Waals surface area contributed by atoms with Crippen LogP contribution in [0.3, 0.4) is 0 Å².